The zero-order chi connectivity index (χ0) is 23.4. The Labute approximate surface area is 199 Å². The molecule has 0 aromatic carbocycles. The number of hydrogen-bond donors (Lipinski definition) is 0. The number of carbonyl (C=O) groups excluding carboxylic acids is 1. The lowest BCUT2D eigenvalue weighted by Gasteiger charge is -2.33. The summed E-state index contributed by atoms with van der Waals surface area (Å²) in [6.45, 7) is 10.8. The van der Waals surface area contributed by atoms with Gasteiger partial charge in [-0.3, -0.25) is 19.1 Å². The molecule has 172 valence electrons. The highest BCUT2D eigenvalue weighted by Crippen LogP contribution is 2.37. The van der Waals surface area contributed by atoms with E-state index in [9.17, 15) is 14.9 Å². The number of hydrogen-bond acceptors (Lipinski definition) is 7. The summed E-state index contributed by atoms with van der Waals surface area (Å²) in [5, 5.41) is 9.76. The van der Waals surface area contributed by atoms with Crippen LogP contribution >= 0.6 is 24.0 Å². The van der Waals surface area contributed by atoms with Gasteiger partial charge in [-0.2, -0.15) is 5.26 Å². The van der Waals surface area contributed by atoms with E-state index in [1.54, 1.807) is 16.4 Å². The van der Waals surface area contributed by atoms with E-state index in [1.165, 1.54) is 11.8 Å². The van der Waals surface area contributed by atoms with Gasteiger partial charge in [0, 0.05) is 31.2 Å². The molecule has 0 spiro atoms. The van der Waals surface area contributed by atoms with Crippen molar-refractivity contribution in [3.05, 3.63) is 31.9 Å². The first-order chi connectivity index (χ1) is 15.3. The highest BCUT2D eigenvalue weighted by molar-refractivity contribution is 8.26. The molecule has 3 rings (SSSR count). The highest BCUT2D eigenvalue weighted by atomic mass is 32.2. The molecule has 32 heavy (non-hydrogen) atoms. The second-order valence-electron chi connectivity index (χ2n) is 8.07. The van der Waals surface area contributed by atoms with Gasteiger partial charge in [-0.05, 0) is 38.3 Å². The molecule has 0 aliphatic carbocycles. The van der Waals surface area contributed by atoms with E-state index in [-0.39, 0.29) is 23.1 Å². The molecule has 2 fully saturated rings. The smallest absolute Gasteiger partial charge is 0.270 e. The van der Waals surface area contributed by atoms with E-state index in [0.717, 1.165) is 30.6 Å². The van der Waals surface area contributed by atoms with Crippen LogP contribution in [-0.4, -0.2) is 52.0 Å². The Hall–Kier alpha value is -2.15. The van der Waals surface area contributed by atoms with E-state index < -0.39 is 0 Å². The Kier molecular flexibility index (Phi) is 8.15. The van der Waals surface area contributed by atoms with Crippen LogP contribution in [0.1, 0.15) is 56.7 Å². The molecule has 0 saturated carbocycles. The van der Waals surface area contributed by atoms with Gasteiger partial charge < -0.3 is 9.64 Å². The lowest BCUT2D eigenvalue weighted by atomic mass is 10.0. The molecule has 2 aliphatic heterocycles. The van der Waals surface area contributed by atoms with Crippen LogP contribution in [0.3, 0.4) is 0 Å². The van der Waals surface area contributed by atoms with Crippen molar-refractivity contribution in [1.82, 2.24) is 9.47 Å². The summed E-state index contributed by atoms with van der Waals surface area (Å²) in [5.41, 5.74) is 1.19. The van der Waals surface area contributed by atoms with Gasteiger partial charge in [0.25, 0.3) is 11.5 Å². The largest absolute Gasteiger partial charge is 0.378 e. The average Bonchev–Trinajstić information content (AvgIpc) is 3.07. The molecule has 1 aromatic rings. The fourth-order valence-electron chi connectivity index (χ4n) is 3.96. The normalized spacial score (nSPS) is 19.0. The Morgan fingerprint density at radius 2 is 1.97 bits per heavy atom. The number of carbonyl (C=O) groups is 1. The molecule has 2 aliphatic rings. The molecular weight excluding hydrogens is 444 g/mol. The average molecular weight is 475 g/mol. The summed E-state index contributed by atoms with van der Waals surface area (Å²) in [6, 6.07) is 2.11. The monoisotopic (exact) mass is 474 g/mol. The van der Waals surface area contributed by atoms with Gasteiger partial charge in [-0.15, -0.1) is 0 Å². The maximum Gasteiger partial charge on any atom is 0.270 e. The Morgan fingerprint density at radius 1 is 1.28 bits per heavy atom. The summed E-state index contributed by atoms with van der Waals surface area (Å²) in [5.74, 6) is 0.642. The number of amides is 1. The first kappa shape index (κ1) is 24.5. The van der Waals surface area contributed by atoms with Gasteiger partial charge in [0.1, 0.15) is 21.8 Å². The van der Waals surface area contributed by atoms with Gasteiger partial charge in [0.15, 0.2) is 0 Å². The second-order valence-corrected chi connectivity index (χ2v) is 9.74. The Balaban J connectivity index is 2.23. The number of ether oxygens (including phenoxy) is 1. The minimum Gasteiger partial charge on any atom is -0.378 e. The first-order valence-electron chi connectivity index (χ1n) is 11.1. The highest BCUT2D eigenvalue weighted by Gasteiger charge is 2.35. The van der Waals surface area contributed by atoms with Crippen LogP contribution in [0, 0.1) is 18.3 Å². The number of nitrogens with zero attached hydrogens (tertiary/aromatic N) is 4. The molecule has 0 N–H and O–H groups in total. The molecule has 1 atom stereocenters. The minimum atomic E-state index is -0.274. The number of nitriles is 1. The fraction of sp³-hybridized carbons (Fsp3) is 0.565. The van der Waals surface area contributed by atoms with Crippen molar-refractivity contribution in [3.63, 3.8) is 0 Å². The Bertz CT molecular complexity index is 1040. The van der Waals surface area contributed by atoms with E-state index in [4.69, 9.17) is 17.0 Å². The van der Waals surface area contributed by atoms with Crippen molar-refractivity contribution in [1.29, 1.82) is 5.26 Å². The first-order valence-corrected chi connectivity index (χ1v) is 12.3. The van der Waals surface area contributed by atoms with Crippen LogP contribution in [0.25, 0.3) is 6.08 Å². The van der Waals surface area contributed by atoms with E-state index in [1.807, 2.05) is 19.9 Å². The molecule has 1 aromatic heterocycles. The number of pyridine rings is 1. The number of aromatic nitrogens is 1. The van der Waals surface area contributed by atoms with Crippen molar-refractivity contribution in [2.24, 2.45) is 0 Å². The number of thiocarbonyl (C=S) groups is 1. The van der Waals surface area contributed by atoms with Gasteiger partial charge in [-0.1, -0.05) is 44.2 Å². The summed E-state index contributed by atoms with van der Waals surface area (Å²) >= 11 is 6.77. The third-order valence-electron chi connectivity index (χ3n) is 6.02. The zero-order valence-electron chi connectivity index (χ0n) is 19.1. The molecule has 7 nitrogen and oxygen atoms in total. The maximum atomic E-state index is 13.2. The molecule has 1 amide bonds. The number of morpholine rings is 1. The lowest BCUT2D eigenvalue weighted by molar-refractivity contribution is -0.123. The minimum absolute atomic E-state index is 0.0152. The Morgan fingerprint density at radius 3 is 2.56 bits per heavy atom. The van der Waals surface area contributed by atoms with Gasteiger partial charge in [0.05, 0.1) is 18.1 Å². The van der Waals surface area contributed by atoms with Gasteiger partial charge >= 0.3 is 0 Å². The number of anilines is 1. The zero-order valence-corrected chi connectivity index (χ0v) is 20.8. The molecule has 0 bridgehead atoms. The standard InChI is InChI=1S/C23H30N4O3S2/c1-5-7-8-26-20(25-9-11-30-12-10-25)17(16(4)18(14-24)21(26)28)13-19-22(29)27(15(3)6-2)23(31)32-19/h13,15H,5-12H2,1-4H3. The van der Waals surface area contributed by atoms with Gasteiger partial charge in [0.2, 0.25) is 0 Å². The third-order valence-corrected chi connectivity index (χ3v) is 7.35. The summed E-state index contributed by atoms with van der Waals surface area (Å²) in [7, 11) is 0. The predicted octanol–water partition coefficient (Wildman–Crippen LogP) is 3.66. The van der Waals surface area contributed by atoms with Crippen molar-refractivity contribution in [2.75, 3.05) is 31.2 Å². The summed E-state index contributed by atoms with van der Waals surface area (Å²) in [4.78, 5) is 30.7. The number of thioether (sulfide) groups is 1. The molecule has 0 radical (unpaired) electrons. The molecule has 9 heteroatoms. The van der Waals surface area contributed by atoms with Crippen LogP contribution < -0.4 is 10.5 Å². The van der Waals surface area contributed by atoms with Crippen molar-refractivity contribution < 1.29 is 9.53 Å². The van der Waals surface area contributed by atoms with Crippen LogP contribution in [0.5, 0.6) is 0 Å². The fourth-order valence-corrected chi connectivity index (χ4v) is 5.40. The predicted molar refractivity (Wildman–Crippen MR) is 133 cm³/mol. The van der Waals surface area contributed by atoms with E-state index in [0.29, 0.717) is 47.6 Å². The van der Waals surface area contributed by atoms with Crippen LogP contribution in [0.4, 0.5) is 5.82 Å². The summed E-state index contributed by atoms with van der Waals surface area (Å²) < 4.78 is 7.78. The number of rotatable bonds is 7. The lowest BCUT2D eigenvalue weighted by Crippen LogP contribution is -2.41. The third kappa shape index (κ3) is 4.63. The van der Waals surface area contributed by atoms with E-state index in [2.05, 4.69) is 17.9 Å². The number of unbranched alkanes of at least 4 members (excludes halogenated alkanes) is 1. The van der Waals surface area contributed by atoms with Crippen molar-refractivity contribution >= 4 is 46.1 Å². The molecular formula is C23H30N4O3S2. The topological polar surface area (TPSA) is 78.6 Å². The molecule has 3 heterocycles. The van der Waals surface area contributed by atoms with Crippen molar-refractivity contribution in [2.45, 2.75) is 59.5 Å². The van der Waals surface area contributed by atoms with E-state index >= 15 is 0 Å². The van der Waals surface area contributed by atoms with Crippen LogP contribution in [0.15, 0.2) is 9.70 Å². The molecule has 1 unspecified atom stereocenters. The van der Waals surface area contributed by atoms with Crippen molar-refractivity contribution in [3.8, 4) is 6.07 Å². The molecule has 2 saturated heterocycles. The quantitative estimate of drug-likeness (QED) is 0.441. The SMILES string of the molecule is CCCCn1c(N2CCOCC2)c(C=C2SC(=S)N(C(C)CC)C2=O)c(C)c(C#N)c1=O. The maximum absolute atomic E-state index is 13.2. The summed E-state index contributed by atoms with van der Waals surface area (Å²) in [6.07, 6.45) is 4.37. The van der Waals surface area contributed by atoms with Crippen LogP contribution in [0.2, 0.25) is 0 Å². The van der Waals surface area contributed by atoms with Gasteiger partial charge in [-0.25, -0.2) is 0 Å². The second kappa shape index (κ2) is 10.6. The van der Waals surface area contributed by atoms with Crippen LogP contribution in [-0.2, 0) is 16.1 Å².